The SMILES string of the molecule is O=C(CCC1CCNCC1)N1CCc2c(Cl)cccc2C1. The van der Waals surface area contributed by atoms with E-state index in [1.807, 2.05) is 17.0 Å². The van der Waals surface area contributed by atoms with Crippen LogP contribution in [0.2, 0.25) is 5.02 Å². The number of rotatable bonds is 3. The van der Waals surface area contributed by atoms with E-state index >= 15 is 0 Å². The molecule has 1 fully saturated rings. The van der Waals surface area contributed by atoms with Gasteiger partial charge in [-0.15, -0.1) is 0 Å². The van der Waals surface area contributed by atoms with E-state index in [9.17, 15) is 4.79 Å². The highest BCUT2D eigenvalue weighted by molar-refractivity contribution is 6.31. The summed E-state index contributed by atoms with van der Waals surface area (Å²) >= 11 is 6.22. The Hall–Kier alpha value is -1.06. The van der Waals surface area contributed by atoms with Crippen LogP contribution < -0.4 is 5.32 Å². The predicted molar refractivity (Wildman–Crippen MR) is 85.4 cm³/mol. The van der Waals surface area contributed by atoms with Crippen LogP contribution in [0.3, 0.4) is 0 Å². The van der Waals surface area contributed by atoms with Crippen LogP contribution >= 0.6 is 11.6 Å². The van der Waals surface area contributed by atoms with E-state index < -0.39 is 0 Å². The van der Waals surface area contributed by atoms with Crippen molar-refractivity contribution in [2.24, 2.45) is 5.92 Å². The molecular formula is C17H23ClN2O. The number of hydrogen-bond acceptors (Lipinski definition) is 2. The summed E-state index contributed by atoms with van der Waals surface area (Å²) < 4.78 is 0. The summed E-state index contributed by atoms with van der Waals surface area (Å²) in [5, 5.41) is 4.22. The van der Waals surface area contributed by atoms with Crippen molar-refractivity contribution in [2.45, 2.75) is 38.6 Å². The Balaban J connectivity index is 1.54. The summed E-state index contributed by atoms with van der Waals surface area (Å²) in [6.07, 6.45) is 5.05. The Morgan fingerprint density at radius 2 is 2.14 bits per heavy atom. The fourth-order valence-electron chi connectivity index (χ4n) is 3.43. The zero-order valence-corrected chi connectivity index (χ0v) is 13.2. The zero-order chi connectivity index (χ0) is 14.7. The minimum atomic E-state index is 0.305. The quantitative estimate of drug-likeness (QED) is 0.931. The first kappa shape index (κ1) is 14.9. The second-order valence-electron chi connectivity index (χ2n) is 6.17. The molecule has 0 bridgehead atoms. The summed E-state index contributed by atoms with van der Waals surface area (Å²) in [5.41, 5.74) is 2.44. The van der Waals surface area contributed by atoms with Crippen LogP contribution in [0.1, 0.15) is 36.8 Å². The molecule has 0 radical (unpaired) electrons. The molecule has 3 rings (SSSR count). The highest BCUT2D eigenvalue weighted by atomic mass is 35.5. The molecule has 2 heterocycles. The van der Waals surface area contributed by atoms with Gasteiger partial charge in [-0.05, 0) is 61.9 Å². The van der Waals surface area contributed by atoms with Crippen molar-refractivity contribution in [3.63, 3.8) is 0 Å². The van der Waals surface area contributed by atoms with Gasteiger partial charge in [-0.1, -0.05) is 23.7 Å². The molecular weight excluding hydrogens is 284 g/mol. The second kappa shape index (κ2) is 6.80. The largest absolute Gasteiger partial charge is 0.338 e. The lowest BCUT2D eigenvalue weighted by Crippen LogP contribution is -2.36. The van der Waals surface area contributed by atoms with Crippen LogP contribution in [-0.2, 0) is 17.8 Å². The number of nitrogens with one attached hydrogen (secondary N) is 1. The number of fused-ring (bicyclic) bond motifs is 1. The standard InChI is InChI=1S/C17H23ClN2O/c18-16-3-1-2-14-12-20(11-8-15(14)16)17(21)5-4-13-6-9-19-10-7-13/h1-3,13,19H,4-12H2. The van der Waals surface area contributed by atoms with Gasteiger partial charge in [0.05, 0.1) is 0 Å². The maximum atomic E-state index is 12.4. The number of carbonyl (C=O) groups excluding carboxylic acids is 1. The molecule has 3 nitrogen and oxygen atoms in total. The van der Waals surface area contributed by atoms with Gasteiger partial charge in [-0.2, -0.15) is 0 Å². The van der Waals surface area contributed by atoms with E-state index in [1.165, 1.54) is 24.0 Å². The van der Waals surface area contributed by atoms with Gasteiger partial charge in [0.2, 0.25) is 5.91 Å². The molecule has 114 valence electrons. The number of hydrogen-bond donors (Lipinski definition) is 1. The highest BCUT2D eigenvalue weighted by Crippen LogP contribution is 2.27. The summed E-state index contributed by atoms with van der Waals surface area (Å²) in [6.45, 7) is 3.74. The molecule has 2 aliphatic rings. The summed E-state index contributed by atoms with van der Waals surface area (Å²) in [7, 11) is 0. The molecule has 4 heteroatoms. The molecule has 0 aromatic heterocycles. The number of benzene rings is 1. The minimum Gasteiger partial charge on any atom is -0.338 e. The third kappa shape index (κ3) is 3.58. The average molecular weight is 307 g/mol. The van der Waals surface area contributed by atoms with E-state index in [0.29, 0.717) is 12.3 Å². The summed E-state index contributed by atoms with van der Waals surface area (Å²) in [5.74, 6) is 1.03. The minimum absolute atomic E-state index is 0.305. The summed E-state index contributed by atoms with van der Waals surface area (Å²) in [6, 6.07) is 6.01. The molecule has 1 aromatic rings. The normalized spacial score (nSPS) is 19.4. The van der Waals surface area contributed by atoms with Crippen LogP contribution in [-0.4, -0.2) is 30.4 Å². The third-order valence-corrected chi connectivity index (χ3v) is 5.14. The molecule has 2 aliphatic heterocycles. The number of nitrogens with zero attached hydrogens (tertiary/aromatic N) is 1. The van der Waals surface area contributed by atoms with Gasteiger partial charge in [0.1, 0.15) is 0 Å². The monoisotopic (exact) mass is 306 g/mol. The van der Waals surface area contributed by atoms with Gasteiger partial charge in [0.25, 0.3) is 0 Å². The second-order valence-corrected chi connectivity index (χ2v) is 6.58. The van der Waals surface area contributed by atoms with Gasteiger partial charge in [-0.25, -0.2) is 0 Å². The van der Waals surface area contributed by atoms with Crippen LogP contribution in [0.15, 0.2) is 18.2 Å². The van der Waals surface area contributed by atoms with Crippen molar-refractivity contribution >= 4 is 17.5 Å². The lowest BCUT2D eigenvalue weighted by atomic mass is 9.92. The summed E-state index contributed by atoms with van der Waals surface area (Å²) in [4.78, 5) is 14.4. The van der Waals surface area contributed by atoms with Crippen molar-refractivity contribution < 1.29 is 4.79 Å². The van der Waals surface area contributed by atoms with Crippen molar-refractivity contribution in [1.82, 2.24) is 10.2 Å². The van der Waals surface area contributed by atoms with Gasteiger partial charge in [-0.3, -0.25) is 4.79 Å². The smallest absolute Gasteiger partial charge is 0.222 e. The number of piperidine rings is 1. The van der Waals surface area contributed by atoms with Crippen molar-refractivity contribution in [1.29, 1.82) is 0 Å². The van der Waals surface area contributed by atoms with Crippen molar-refractivity contribution in [3.8, 4) is 0 Å². The van der Waals surface area contributed by atoms with Crippen LogP contribution in [0, 0.1) is 5.92 Å². The van der Waals surface area contributed by atoms with E-state index in [-0.39, 0.29) is 0 Å². The Bertz CT molecular complexity index is 512. The van der Waals surface area contributed by atoms with E-state index in [1.54, 1.807) is 0 Å². The van der Waals surface area contributed by atoms with Gasteiger partial charge in [0, 0.05) is 24.5 Å². The lowest BCUT2D eigenvalue weighted by Gasteiger charge is -2.30. The number of halogens is 1. The predicted octanol–water partition coefficient (Wildman–Crippen LogP) is 3.00. The zero-order valence-electron chi connectivity index (χ0n) is 12.4. The average Bonchev–Trinajstić information content (AvgIpc) is 2.53. The molecule has 0 saturated carbocycles. The van der Waals surface area contributed by atoms with E-state index in [4.69, 9.17) is 11.6 Å². The first-order chi connectivity index (χ1) is 10.2. The molecule has 1 amide bonds. The molecule has 0 atom stereocenters. The Morgan fingerprint density at radius 3 is 2.95 bits per heavy atom. The topological polar surface area (TPSA) is 32.3 Å². The maximum absolute atomic E-state index is 12.4. The first-order valence-corrected chi connectivity index (χ1v) is 8.36. The maximum Gasteiger partial charge on any atom is 0.222 e. The molecule has 0 unspecified atom stereocenters. The Labute approximate surface area is 131 Å². The molecule has 1 saturated heterocycles. The van der Waals surface area contributed by atoms with Crippen LogP contribution in [0.4, 0.5) is 0 Å². The van der Waals surface area contributed by atoms with E-state index in [0.717, 1.165) is 50.0 Å². The first-order valence-electron chi connectivity index (χ1n) is 7.99. The Kier molecular flexibility index (Phi) is 4.81. The number of carbonyl (C=O) groups is 1. The van der Waals surface area contributed by atoms with Crippen LogP contribution in [0.5, 0.6) is 0 Å². The van der Waals surface area contributed by atoms with Crippen LogP contribution in [0.25, 0.3) is 0 Å². The van der Waals surface area contributed by atoms with Gasteiger partial charge >= 0.3 is 0 Å². The van der Waals surface area contributed by atoms with Gasteiger partial charge in [0.15, 0.2) is 0 Å². The molecule has 0 aliphatic carbocycles. The highest BCUT2D eigenvalue weighted by Gasteiger charge is 2.23. The molecule has 21 heavy (non-hydrogen) atoms. The fraction of sp³-hybridized carbons (Fsp3) is 0.588. The lowest BCUT2D eigenvalue weighted by molar-refractivity contribution is -0.132. The third-order valence-electron chi connectivity index (χ3n) is 4.79. The molecule has 1 N–H and O–H groups in total. The Morgan fingerprint density at radius 1 is 1.33 bits per heavy atom. The van der Waals surface area contributed by atoms with Gasteiger partial charge < -0.3 is 10.2 Å². The fourth-order valence-corrected chi connectivity index (χ4v) is 3.72. The molecule has 0 spiro atoms. The molecule has 1 aromatic carbocycles. The van der Waals surface area contributed by atoms with E-state index in [2.05, 4.69) is 11.4 Å². The number of amides is 1. The van der Waals surface area contributed by atoms with Crippen molar-refractivity contribution in [3.05, 3.63) is 34.3 Å². The van der Waals surface area contributed by atoms with Crippen molar-refractivity contribution in [2.75, 3.05) is 19.6 Å².